The van der Waals surface area contributed by atoms with E-state index in [2.05, 4.69) is 51.9 Å². The Bertz CT molecular complexity index is 143. The minimum Gasteiger partial charge on any atom is -0.310 e. The van der Waals surface area contributed by atoms with Crippen LogP contribution >= 0.6 is 0 Å². The van der Waals surface area contributed by atoms with E-state index in [9.17, 15) is 0 Å². The maximum atomic E-state index is 2.42. The standard InChI is InChI=1S/C11H25NSi/c1-6-9-10-13(8-3)11(7-2)12(4)5/h6,9,11,13H,7-8,10H2,1-5H3/b9-6+. The summed E-state index contributed by atoms with van der Waals surface area (Å²) in [6.07, 6.45) is 5.86. The minimum absolute atomic E-state index is 0.564. The summed E-state index contributed by atoms with van der Waals surface area (Å²) in [7, 11) is 3.88. The van der Waals surface area contributed by atoms with E-state index < -0.39 is 8.80 Å². The van der Waals surface area contributed by atoms with E-state index >= 15 is 0 Å². The number of hydrogen-bond donors (Lipinski definition) is 0. The Balaban J connectivity index is 4.16. The molecule has 0 aromatic heterocycles. The van der Waals surface area contributed by atoms with Crippen molar-refractivity contribution in [3.8, 4) is 0 Å². The summed E-state index contributed by atoms with van der Waals surface area (Å²) in [4.78, 5) is 2.42. The van der Waals surface area contributed by atoms with Crippen LogP contribution in [-0.2, 0) is 0 Å². The van der Waals surface area contributed by atoms with Crippen LogP contribution in [0.4, 0.5) is 0 Å². The third-order valence-corrected chi connectivity index (χ3v) is 6.91. The molecular weight excluding hydrogens is 174 g/mol. The van der Waals surface area contributed by atoms with Crippen molar-refractivity contribution in [2.45, 2.75) is 44.9 Å². The maximum Gasteiger partial charge on any atom is 0.0603 e. The fourth-order valence-corrected chi connectivity index (χ4v) is 5.35. The van der Waals surface area contributed by atoms with E-state index in [-0.39, 0.29) is 0 Å². The highest BCUT2D eigenvalue weighted by Gasteiger charge is 2.20. The molecule has 0 aromatic rings. The number of allylic oxidation sites excluding steroid dienone is 2. The van der Waals surface area contributed by atoms with Crippen molar-refractivity contribution in [3.05, 3.63) is 12.2 Å². The van der Waals surface area contributed by atoms with Crippen molar-refractivity contribution >= 4 is 8.80 Å². The predicted molar refractivity (Wildman–Crippen MR) is 65.0 cm³/mol. The molecule has 1 nitrogen and oxygen atoms in total. The summed E-state index contributed by atoms with van der Waals surface area (Å²) in [5.74, 6) is 0. The van der Waals surface area contributed by atoms with E-state index in [4.69, 9.17) is 0 Å². The van der Waals surface area contributed by atoms with E-state index in [0.29, 0.717) is 0 Å². The average molecular weight is 199 g/mol. The Kier molecular flexibility index (Phi) is 7.29. The first kappa shape index (κ1) is 12.9. The molecule has 2 heteroatoms. The highest BCUT2D eigenvalue weighted by molar-refractivity contribution is 6.60. The third-order valence-electron chi connectivity index (χ3n) is 2.82. The second-order valence-corrected chi connectivity index (χ2v) is 7.49. The van der Waals surface area contributed by atoms with Gasteiger partial charge in [0, 0.05) is 0 Å². The molecule has 0 aliphatic rings. The van der Waals surface area contributed by atoms with Gasteiger partial charge in [-0.15, -0.1) is 0 Å². The van der Waals surface area contributed by atoms with Gasteiger partial charge in [0.15, 0.2) is 0 Å². The summed E-state index contributed by atoms with van der Waals surface area (Å²) in [5.41, 5.74) is 0.876. The topological polar surface area (TPSA) is 3.24 Å². The lowest BCUT2D eigenvalue weighted by Gasteiger charge is -2.29. The molecule has 0 aliphatic heterocycles. The molecule has 13 heavy (non-hydrogen) atoms. The molecule has 0 saturated carbocycles. The first-order chi connectivity index (χ1) is 6.17. The second-order valence-electron chi connectivity index (χ2n) is 3.91. The van der Waals surface area contributed by atoms with Crippen LogP contribution in [0.1, 0.15) is 27.2 Å². The normalized spacial score (nSPS) is 16.8. The van der Waals surface area contributed by atoms with Crippen LogP contribution in [0.3, 0.4) is 0 Å². The van der Waals surface area contributed by atoms with Crippen LogP contribution in [0, 0.1) is 0 Å². The Labute approximate surface area is 85.4 Å². The van der Waals surface area contributed by atoms with Crippen LogP contribution in [-0.4, -0.2) is 33.5 Å². The van der Waals surface area contributed by atoms with Crippen LogP contribution in [0.5, 0.6) is 0 Å². The van der Waals surface area contributed by atoms with Crippen molar-refractivity contribution in [2.24, 2.45) is 0 Å². The van der Waals surface area contributed by atoms with Gasteiger partial charge < -0.3 is 4.90 Å². The molecule has 0 rings (SSSR count). The molecule has 0 amide bonds. The second kappa shape index (κ2) is 7.33. The number of hydrogen-bond acceptors (Lipinski definition) is 1. The largest absolute Gasteiger partial charge is 0.310 e. The smallest absolute Gasteiger partial charge is 0.0603 e. The fourth-order valence-electron chi connectivity index (χ4n) is 2.03. The molecule has 0 heterocycles. The maximum absolute atomic E-state index is 2.42. The van der Waals surface area contributed by atoms with Gasteiger partial charge in [0.2, 0.25) is 0 Å². The highest BCUT2D eigenvalue weighted by Crippen LogP contribution is 2.12. The molecule has 0 radical (unpaired) electrons. The van der Waals surface area contributed by atoms with Gasteiger partial charge in [-0.05, 0) is 39.1 Å². The first-order valence-electron chi connectivity index (χ1n) is 5.44. The molecule has 0 aliphatic carbocycles. The SMILES string of the molecule is C/C=C/C[SiH](CC)C(CC)N(C)C. The lowest BCUT2D eigenvalue weighted by Crippen LogP contribution is -2.41. The predicted octanol–water partition coefficient (Wildman–Crippen LogP) is 2.69. The molecule has 2 atom stereocenters. The molecule has 0 fully saturated rings. The monoisotopic (exact) mass is 199 g/mol. The molecule has 0 aromatic carbocycles. The Morgan fingerprint density at radius 2 is 1.92 bits per heavy atom. The summed E-state index contributed by atoms with van der Waals surface area (Å²) in [6.45, 7) is 6.79. The van der Waals surface area contributed by atoms with Gasteiger partial charge in [-0.3, -0.25) is 0 Å². The summed E-state index contributed by atoms with van der Waals surface area (Å²) < 4.78 is 0. The highest BCUT2D eigenvalue weighted by atomic mass is 28.3. The van der Waals surface area contributed by atoms with E-state index in [1.165, 1.54) is 18.5 Å². The van der Waals surface area contributed by atoms with Crippen molar-refractivity contribution < 1.29 is 0 Å². The molecule has 0 spiro atoms. The Morgan fingerprint density at radius 1 is 1.31 bits per heavy atom. The Hall–Kier alpha value is -0.0831. The minimum atomic E-state index is -0.564. The van der Waals surface area contributed by atoms with E-state index in [1.807, 2.05) is 0 Å². The molecule has 78 valence electrons. The lowest BCUT2D eigenvalue weighted by atomic mass is 10.4. The zero-order valence-corrected chi connectivity index (χ0v) is 11.0. The third kappa shape index (κ3) is 4.63. The molecule has 0 bridgehead atoms. The van der Waals surface area contributed by atoms with Gasteiger partial charge in [0.05, 0.1) is 8.80 Å². The van der Waals surface area contributed by atoms with Crippen LogP contribution in [0.2, 0.25) is 12.1 Å². The summed E-state index contributed by atoms with van der Waals surface area (Å²) in [5, 5.41) is 0. The summed E-state index contributed by atoms with van der Waals surface area (Å²) in [6, 6.07) is 2.78. The quantitative estimate of drug-likeness (QED) is 0.470. The fraction of sp³-hybridized carbons (Fsp3) is 0.818. The molecule has 0 N–H and O–H groups in total. The van der Waals surface area contributed by atoms with Gasteiger partial charge in [-0.25, -0.2) is 0 Å². The van der Waals surface area contributed by atoms with Crippen molar-refractivity contribution in [1.29, 1.82) is 0 Å². The first-order valence-corrected chi connectivity index (χ1v) is 7.74. The zero-order chi connectivity index (χ0) is 10.3. The van der Waals surface area contributed by atoms with Crippen LogP contribution in [0.15, 0.2) is 12.2 Å². The van der Waals surface area contributed by atoms with Crippen molar-refractivity contribution in [1.82, 2.24) is 4.90 Å². The number of nitrogens with zero attached hydrogens (tertiary/aromatic N) is 1. The molecule has 2 unspecified atom stereocenters. The zero-order valence-electron chi connectivity index (χ0n) is 9.88. The van der Waals surface area contributed by atoms with Crippen LogP contribution < -0.4 is 0 Å². The van der Waals surface area contributed by atoms with Gasteiger partial charge in [-0.2, -0.15) is 0 Å². The van der Waals surface area contributed by atoms with Crippen LogP contribution in [0.25, 0.3) is 0 Å². The Morgan fingerprint density at radius 3 is 2.23 bits per heavy atom. The molecule has 0 saturated heterocycles. The van der Waals surface area contributed by atoms with Crippen molar-refractivity contribution in [3.63, 3.8) is 0 Å². The van der Waals surface area contributed by atoms with Gasteiger partial charge >= 0.3 is 0 Å². The van der Waals surface area contributed by atoms with E-state index in [0.717, 1.165) is 5.67 Å². The number of rotatable bonds is 6. The van der Waals surface area contributed by atoms with Gasteiger partial charge in [-0.1, -0.05) is 32.0 Å². The average Bonchev–Trinajstić information content (AvgIpc) is 2.11. The van der Waals surface area contributed by atoms with E-state index in [1.54, 1.807) is 0 Å². The summed E-state index contributed by atoms with van der Waals surface area (Å²) >= 11 is 0. The van der Waals surface area contributed by atoms with Gasteiger partial charge in [0.1, 0.15) is 0 Å². The lowest BCUT2D eigenvalue weighted by molar-refractivity contribution is 0.359. The van der Waals surface area contributed by atoms with Crippen molar-refractivity contribution in [2.75, 3.05) is 14.1 Å². The molecular formula is C11H25NSi. The van der Waals surface area contributed by atoms with Gasteiger partial charge in [0.25, 0.3) is 0 Å².